The molecule has 1 aliphatic heterocycles. The molecule has 1 N–H and O–H groups in total. The molecule has 3 heterocycles. The zero-order chi connectivity index (χ0) is 24.9. The summed E-state index contributed by atoms with van der Waals surface area (Å²) in [6, 6.07) is 18.2. The third kappa shape index (κ3) is 5.24. The number of fused-ring (bicyclic) bond motifs is 1. The minimum absolute atomic E-state index is 0.189. The molecule has 180 valence electrons. The van der Waals surface area contributed by atoms with Crippen molar-refractivity contribution in [3.63, 3.8) is 0 Å². The smallest absolute Gasteiger partial charge is 0.251 e. The zero-order valence-corrected chi connectivity index (χ0v) is 19.9. The number of nitriles is 1. The van der Waals surface area contributed by atoms with Crippen LogP contribution in [0.2, 0.25) is 0 Å². The Labute approximate surface area is 209 Å². The van der Waals surface area contributed by atoms with E-state index in [1.54, 1.807) is 30.6 Å². The number of hydrogen-bond donors (Lipinski definition) is 1. The van der Waals surface area contributed by atoms with Gasteiger partial charge in [0, 0.05) is 55.9 Å². The van der Waals surface area contributed by atoms with Crippen LogP contribution in [-0.2, 0) is 6.54 Å². The molecule has 0 atom stereocenters. The molecule has 9 nitrogen and oxygen atoms in total. The standard InChI is InChI=1S/C27H25N7O2/c1-33-9-11-34(12-10-33)26-23-6-5-21(15-24(23)31-18-32-26)27(35)30-17-20-3-2-4-22(13-20)36-25-14-19(16-28)7-8-29-25/h2-8,13-15,18H,9-12,17H2,1H3,(H,30,35). The highest BCUT2D eigenvalue weighted by atomic mass is 16.5. The molecular formula is C27H25N7O2. The highest BCUT2D eigenvalue weighted by Gasteiger charge is 2.18. The van der Waals surface area contributed by atoms with Crippen molar-refractivity contribution < 1.29 is 9.53 Å². The average molecular weight is 480 g/mol. The maximum atomic E-state index is 12.9. The zero-order valence-electron chi connectivity index (χ0n) is 19.9. The maximum absolute atomic E-state index is 12.9. The third-order valence-electron chi connectivity index (χ3n) is 6.12. The van der Waals surface area contributed by atoms with Crippen molar-refractivity contribution in [2.45, 2.75) is 6.54 Å². The largest absolute Gasteiger partial charge is 0.439 e. The fourth-order valence-corrected chi connectivity index (χ4v) is 4.11. The van der Waals surface area contributed by atoms with E-state index in [4.69, 9.17) is 10.00 Å². The van der Waals surface area contributed by atoms with Crippen molar-refractivity contribution in [3.8, 4) is 17.7 Å². The molecule has 5 rings (SSSR count). The molecule has 2 aromatic carbocycles. The Balaban J connectivity index is 1.26. The number of carbonyl (C=O) groups is 1. The third-order valence-corrected chi connectivity index (χ3v) is 6.12. The number of nitrogens with one attached hydrogen (secondary N) is 1. The Morgan fingerprint density at radius 1 is 1.06 bits per heavy atom. The van der Waals surface area contributed by atoms with Crippen molar-refractivity contribution in [2.24, 2.45) is 0 Å². The molecule has 1 aliphatic rings. The normalized spacial score (nSPS) is 13.8. The summed E-state index contributed by atoms with van der Waals surface area (Å²) in [7, 11) is 2.12. The summed E-state index contributed by atoms with van der Waals surface area (Å²) in [4.78, 5) is 30.5. The number of likely N-dealkylation sites (N-methyl/N-ethyl adjacent to an activating group) is 1. The number of rotatable bonds is 6. The first-order chi connectivity index (χ1) is 17.6. The molecular weight excluding hydrogens is 454 g/mol. The van der Waals surface area contributed by atoms with E-state index < -0.39 is 0 Å². The molecule has 9 heteroatoms. The number of pyridine rings is 1. The number of ether oxygens (including phenoxy) is 1. The summed E-state index contributed by atoms with van der Waals surface area (Å²) in [6.07, 6.45) is 3.09. The second-order valence-corrected chi connectivity index (χ2v) is 8.65. The van der Waals surface area contributed by atoms with Crippen LogP contribution < -0.4 is 15.0 Å². The Hall–Kier alpha value is -4.55. The number of benzene rings is 2. The molecule has 0 saturated carbocycles. The van der Waals surface area contributed by atoms with Crippen LogP contribution in [0.4, 0.5) is 5.82 Å². The SMILES string of the molecule is CN1CCN(c2ncnc3cc(C(=O)NCc4cccc(Oc5cc(C#N)ccn5)c4)ccc23)CC1. The molecule has 1 fully saturated rings. The summed E-state index contributed by atoms with van der Waals surface area (Å²) in [6.45, 7) is 4.12. The predicted octanol–water partition coefficient (Wildman–Crippen LogP) is 3.37. The number of hydrogen-bond acceptors (Lipinski definition) is 8. The maximum Gasteiger partial charge on any atom is 0.251 e. The fraction of sp³-hybridized carbons (Fsp3) is 0.222. The van der Waals surface area contributed by atoms with Crippen LogP contribution in [0.3, 0.4) is 0 Å². The lowest BCUT2D eigenvalue weighted by molar-refractivity contribution is 0.0951. The van der Waals surface area contributed by atoms with E-state index in [1.807, 2.05) is 30.3 Å². The van der Waals surface area contributed by atoms with E-state index in [9.17, 15) is 4.79 Å². The summed E-state index contributed by atoms with van der Waals surface area (Å²) in [5.41, 5.74) is 2.63. The lowest BCUT2D eigenvalue weighted by Gasteiger charge is -2.33. The van der Waals surface area contributed by atoms with E-state index in [2.05, 4.69) is 43.2 Å². The molecule has 0 unspecified atom stereocenters. The van der Waals surface area contributed by atoms with Crippen molar-refractivity contribution in [2.75, 3.05) is 38.1 Å². The second kappa shape index (κ2) is 10.4. The Morgan fingerprint density at radius 3 is 2.75 bits per heavy atom. The van der Waals surface area contributed by atoms with Gasteiger partial charge in [0.15, 0.2) is 0 Å². The minimum Gasteiger partial charge on any atom is -0.439 e. The molecule has 0 bridgehead atoms. The van der Waals surface area contributed by atoms with Crippen molar-refractivity contribution in [1.82, 2.24) is 25.2 Å². The van der Waals surface area contributed by atoms with Crippen LogP contribution in [0.15, 0.2) is 67.1 Å². The number of carbonyl (C=O) groups excluding carboxylic acids is 1. The van der Waals surface area contributed by atoms with Gasteiger partial charge in [-0.3, -0.25) is 4.79 Å². The van der Waals surface area contributed by atoms with Crippen molar-refractivity contribution in [3.05, 3.63) is 83.8 Å². The van der Waals surface area contributed by atoms with Gasteiger partial charge < -0.3 is 19.9 Å². The van der Waals surface area contributed by atoms with E-state index in [0.717, 1.165) is 48.5 Å². The highest BCUT2D eigenvalue weighted by Crippen LogP contribution is 2.25. The van der Waals surface area contributed by atoms with Gasteiger partial charge in [0.25, 0.3) is 5.91 Å². The van der Waals surface area contributed by atoms with Crippen LogP contribution in [0.1, 0.15) is 21.5 Å². The lowest BCUT2D eigenvalue weighted by atomic mass is 10.1. The van der Waals surface area contributed by atoms with Gasteiger partial charge in [-0.15, -0.1) is 0 Å². The summed E-state index contributed by atoms with van der Waals surface area (Å²) < 4.78 is 5.77. The van der Waals surface area contributed by atoms with Gasteiger partial charge in [-0.2, -0.15) is 5.26 Å². The summed E-state index contributed by atoms with van der Waals surface area (Å²) in [5, 5.41) is 12.9. The topological polar surface area (TPSA) is 107 Å². The minimum atomic E-state index is -0.189. The molecule has 2 aromatic heterocycles. The number of aromatic nitrogens is 3. The van der Waals surface area contributed by atoms with Crippen LogP contribution in [0.5, 0.6) is 11.6 Å². The van der Waals surface area contributed by atoms with Crippen LogP contribution in [0, 0.1) is 11.3 Å². The first-order valence-electron chi connectivity index (χ1n) is 11.7. The van der Waals surface area contributed by atoms with Gasteiger partial charge in [-0.25, -0.2) is 15.0 Å². The number of nitrogens with zero attached hydrogens (tertiary/aromatic N) is 6. The predicted molar refractivity (Wildman–Crippen MR) is 136 cm³/mol. The van der Waals surface area contributed by atoms with E-state index in [0.29, 0.717) is 29.3 Å². The highest BCUT2D eigenvalue weighted by molar-refractivity contribution is 5.99. The lowest BCUT2D eigenvalue weighted by Crippen LogP contribution is -2.44. The van der Waals surface area contributed by atoms with Crippen molar-refractivity contribution in [1.29, 1.82) is 5.26 Å². The van der Waals surface area contributed by atoms with Gasteiger partial charge in [0.2, 0.25) is 5.88 Å². The Morgan fingerprint density at radius 2 is 1.92 bits per heavy atom. The van der Waals surface area contributed by atoms with Crippen LogP contribution in [-0.4, -0.2) is 59.0 Å². The Kier molecular flexibility index (Phi) is 6.69. The summed E-state index contributed by atoms with van der Waals surface area (Å²) >= 11 is 0. The first kappa shape index (κ1) is 23.2. The molecule has 0 spiro atoms. The number of anilines is 1. The van der Waals surface area contributed by atoms with E-state index in [-0.39, 0.29) is 5.91 Å². The summed E-state index contributed by atoms with van der Waals surface area (Å²) in [5.74, 6) is 1.63. The van der Waals surface area contributed by atoms with Gasteiger partial charge in [0.05, 0.1) is 17.1 Å². The van der Waals surface area contributed by atoms with Gasteiger partial charge in [-0.05, 0) is 49.0 Å². The second-order valence-electron chi connectivity index (χ2n) is 8.65. The monoisotopic (exact) mass is 479 g/mol. The van der Waals surface area contributed by atoms with E-state index >= 15 is 0 Å². The van der Waals surface area contributed by atoms with Crippen molar-refractivity contribution >= 4 is 22.6 Å². The van der Waals surface area contributed by atoms with Gasteiger partial charge in [0.1, 0.15) is 17.9 Å². The van der Waals surface area contributed by atoms with Gasteiger partial charge >= 0.3 is 0 Å². The molecule has 1 amide bonds. The molecule has 36 heavy (non-hydrogen) atoms. The average Bonchev–Trinajstić information content (AvgIpc) is 2.92. The molecule has 0 aliphatic carbocycles. The van der Waals surface area contributed by atoms with Crippen LogP contribution in [0.25, 0.3) is 10.9 Å². The molecule has 0 radical (unpaired) electrons. The van der Waals surface area contributed by atoms with Crippen LogP contribution >= 0.6 is 0 Å². The Bertz CT molecular complexity index is 1440. The van der Waals surface area contributed by atoms with Gasteiger partial charge in [-0.1, -0.05) is 12.1 Å². The number of piperazine rings is 1. The fourth-order valence-electron chi connectivity index (χ4n) is 4.11. The molecule has 1 saturated heterocycles. The van der Waals surface area contributed by atoms with E-state index in [1.165, 1.54) is 6.20 Å². The first-order valence-corrected chi connectivity index (χ1v) is 11.7. The number of amides is 1. The quantitative estimate of drug-likeness (QED) is 0.449. The molecule has 4 aromatic rings.